The summed E-state index contributed by atoms with van der Waals surface area (Å²) in [6.07, 6.45) is 1.33. The Morgan fingerprint density at radius 2 is 2.04 bits per heavy atom. The summed E-state index contributed by atoms with van der Waals surface area (Å²) < 4.78 is 11.2. The molecule has 0 saturated carbocycles. The van der Waals surface area contributed by atoms with Gasteiger partial charge in [-0.05, 0) is 56.5 Å². The molecule has 2 N–H and O–H groups in total. The van der Waals surface area contributed by atoms with Crippen molar-refractivity contribution in [2.75, 3.05) is 18.5 Å². The number of para-hydroxylation sites is 1. The maximum absolute atomic E-state index is 12.6. The number of amides is 2. The van der Waals surface area contributed by atoms with Crippen molar-refractivity contribution in [3.8, 4) is 5.75 Å². The number of anilines is 1. The van der Waals surface area contributed by atoms with E-state index in [0.29, 0.717) is 23.5 Å². The SMILES string of the molecule is Cc1cccc(O[C@@H](C)C(=O)Nc2ccccc2C(=O)NC[C@H]2CCCO2)c1. The third kappa shape index (κ3) is 5.33. The number of nitrogens with one attached hydrogen (secondary N) is 2. The monoisotopic (exact) mass is 382 g/mol. The van der Waals surface area contributed by atoms with Crippen LogP contribution in [0.4, 0.5) is 5.69 Å². The summed E-state index contributed by atoms with van der Waals surface area (Å²) in [5, 5.41) is 5.68. The largest absolute Gasteiger partial charge is 0.481 e. The van der Waals surface area contributed by atoms with E-state index in [1.165, 1.54) is 0 Å². The zero-order valence-corrected chi connectivity index (χ0v) is 16.2. The molecule has 2 aromatic carbocycles. The van der Waals surface area contributed by atoms with Gasteiger partial charge in [0.1, 0.15) is 5.75 Å². The summed E-state index contributed by atoms with van der Waals surface area (Å²) in [6, 6.07) is 14.5. The summed E-state index contributed by atoms with van der Waals surface area (Å²) in [6.45, 7) is 4.85. The van der Waals surface area contributed by atoms with E-state index in [4.69, 9.17) is 9.47 Å². The van der Waals surface area contributed by atoms with Crippen molar-refractivity contribution in [1.29, 1.82) is 0 Å². The van der Waals surface area contributed by atoms with Crippen molar-refractivity contribution in [2.45, 2.75) is 38.9 Å². The van der Waals surface area contributed by atoms with Gasteiger partial charge in [-0.2, -0.15) is 0 Å². The predicted molar refractivity (Wildman–Crippen MR) is 108 cm³/mol. The lowest BCUT2D eigenvalue weighted by molar-refractivity contribution is -0.122. The van der Waals surface area contributed by atoms with Crippen LogP contribution in [0.3, 0.4) is 0 Å². The van der Waals surface area contributed by atoms with Crippen LogP contribution in [0.15, 0.2) is 48.5 Å². The molecule has 3 rings (SSSR count). The van der Waals surface area contributed by atoms with Gasteiger partial charge in [0, 0.05) is 13.2 Å². The maximum Gasteiger partial charge on any atom is 0.265 e. The molecule has 6 nitrogen and oxygen atoms in total. The molecule has 0 unspecified atom stereocenters. The van der Waals surface area contributed by atoms with Crippen LogP contribution in [0.25, 0.3) is 0 Å². The predicted octanol–water partition coefficient (Wildman–Crippen LogP) is 3.31. The van der Waals surface area contributed by atoms with Gasteiger partial charge in [-0.1, -0.05) is 24.3 Å². The van der Waals surface area contributed by atoms with E-state index in [1.54, 1.807) is 31.2 Å². The molecule has 0 aliphatic carbocycles. The molecule has 1 aliphatic heterocycles. The zero-order valence-electron chi connectivity index (χ0n) is 16.2. The fourth-order valence-electron chi connectivity index (χ4n) is 3.08. The Morgan fingerprint density at radius 1 is 1.21 bits per heavy atom. The van der Waals surface area contributed by atoms with Crippen molar-refractivity contribution in [3.05, 3.63) is 59.7 Å². The van der Waals surface area contributed by atoms with E-state index in [-0.39, 0.29) is 17.9 Å². The molecule has 1 fully saturated rings. The van der Waals surface area contributed by atoms with Crippen LogP contribution in [0, 0.1) is 6.92 Å². The number of carbonyl (C=O) groups excluding carboxylic acids is 2. The van der Waals surface area contributed by atoms with Gasteiger partial charge in [0.25, 0.3) is 11.8 Å². The number of hydrogen-bond acceptors (Lipinski definition) is 4. The van der Waals surface area contributed by atoms with E-state index in [1.807, 2.05) is 31.2 Å². The standard InChI is InChI=1S/C22H26N2O4/c1-15-7-5-8-17(13-15)28-16(2)21(25)24-20-11-4-3-10-19(20)22(26)23-14-18-9-6-12-27-18/h3-5,7-8,10-11,13,16,18H,6,9,12,14H2,1-2H3,(H,23,26)(H,24,25)/t16-,18+/m0/s1. The van der Waals surface area contributed by atoms with Crippen molar-refractivity contribution in [3.63, 3.8) is 0 Å². The molecular weight excluding hydrogens is 356 g/mol. The number of rotatable bonds is 7. The van der Waals surface area contributed by atoms with Crippen molar-refractivity contribution in [2.24, 2.45) is 0 Å². The van der Waals surface area contributed by atoms with Crippen LogP contribution >= 0.6 is 0 Å². The van der Waals surface area contributed by atoms with Crippen LogP contribution in [0.2, 0.25) is 0 Å². The molecule has 0 radical (unpaired) electrons. The fourth-order valence-corrected chi connectivity index (χ4v) is 3.08. The minimum absolute atomic E-state index is 0.0634. The van der Waals surface area contributed by atoms with E-state index >= 15 is 0 Å². The molecule has 28 heavy (non-hydrogen) atoms. The van der Waals surface area contributed by atoms with Crippen LogP contribution in [-0.4, -0.2) is 37.2 Å². The highest BCUT2D eigenvalue weighted by Crippen LogP contribution is 2.18. The number of aryl methyl sites for hydroxylation is 1. The maximum atomic E-state index is 12.6. The van der Waals surface area contributed by atoms with Crippen molar-refractivity contribution >= 4 is 17.5 Å². The first kappa shape index (κ1) is 19.9. The van der Waals surface area contributed by atoms with Gasteiger partial charge < -0.3 is 20.1 Å². The highest BCUT2D eigenvalue weighted by atomic mass is 16.5. The Bertz CT molecular complexity index is 831. The summed E-state index contributed by atoms with van der Waals surface area (Å²) in [5.74, 6) is 0.0739. The molecule has 1 aliphatic rings. The van der Waals surface area contributed by atoms with E-state index < -0.39 is 6.10 Å². The molecule has 1 heterocycles. The Kier molecular flexibility index (Phi) is 6.66. The van der Waals surface area contributed by atoms with E-state index in [2.05, 4.69) is 10.6 Å². The van der Waals surface area contributed by atoms with Crippen LogP contribution < -0.4 is 15.4 Å². The van der Waals surface area contributed by atoms with Gasteiger partial charge in [-0.3, -0.25) is 9.59 Å². The second kappa shape index (κ2) is 9.37. The average molecular weight is 382 g/mol. The van der Waals surface area contributed by atoms with Gasteiger partial charge in [0.2, 0.25) is 0 Å². The fraction of sp³-hybridized carbons (Fsp3) is 0.364. The third-order valence-electron chi connectivity index (χ3n) is 4.62. The first-order valence-corrected chi connectivity index (χ1v) is 9.56. The summed E-state index contributed by atoms with van der Waals surface area (Å²) >= 11 is 0. The lowest BCUT2D eigenvalue weighted by atomic mass is 10.1. The molecule has 0 spiro atoms. The molecular formula is C22H26N2O4. The molecule has 0 aromatic heterocycles. The molecule has 1 saturated heterocycles. The zero-order chi connectivity index (χ0) is 19.9. The summed E-state index contributed by atoms with van der Waals surface area (Å²) in [7, 11) is 0. The minimum atomic E-state index is -0.704. The highest BCUT2D eigenvalue weighted by molar-refractivity contribution is 6.04. The smallest absolute Gasteiger partial charge is 0.265 e. The molecule has 2 atom stereocenters. The van der Waals surface area contributed by atoms with Crippen molar-refractivity contribution < 1.29 is 19.1 Å². The average Bonchev–Trinajstić information content (AvgIpc) is 3.20. The molecule has 2 aromatic rings. The lowest BCUT2D eigenvalue weighted by Crippen LogP contribution is -2.34. The topological polar surface area (TPSA) is 76.7 Å². The highest BCUT2D eigenvalue weighted by Gasteiger charge is 2.20. The molecule has 6 heteroatoms. The van der Waals surface area contributed by atoms with Gasteiger partial charge >= 0.3 is 0 Å². The molecule has 2 amide bonds. The second-order valence-corrected chi connectivity index (χ2v) is 6.96. The Morgan fingerprint density at radius 3 is 2.79 bits per heavy atom. The van der Waals surface area contributed by atoms with Crippen molar-refractivity contribution in [1.82, 2.24) is 5.32 Å². The Balaban J connectivity index is 1.61. The van der Waals surface area contributed by atoms with E-state index in [9.17, 15) is 9.59 Å². The Hall–Kier alpha value is -2.86. The summed E-state index contributed by atoms with van der Waals surface area (Å²) in [4.78, 5) is 25.1. The first-order valence-electron chi connectivity index (χ1n) is 9.56. The molecule has 148 valence electrons. The first-order chi connectivity index (χ1) is 13.5. The minimum Gasteiger partial charge on any atom is -0.481 e. The third-order valence-corrected chi connectivity index (χ3v) is 4.62. The second-order valence-electron chi connectivity index (χ2n) is 6.96. The normalized spacial score (nSPS) is 17.0. The van der Waals surface area contributed by atoms with Crippen LogP contribution in [-0.2, 0) is 9.53 Å². The van der Waals surface area contributed by atoms with Crippen LogP contribution in [0.5, 0.6) is 5.75 Å². The number of ether oxygens (including phenoxy) is 2. The van der Waals surface area contributed by atoms with E-state index in [0.717, 1.165) is 25.0 Å². The Labute approximate surface area is 165 Å². The number of hydrogen-bond donors (Lipinski definition) is 2. The van der Waals surface area contributed by atoms with Gasteiger partial charge in [0.15, 0.2) is 6.10 Å². The van der Waals surface area contributed by atoms with Crippen LogP contribution in [0.1, 0.15) is 35.7 Å². The van der Waals surface area contributed by atoms with Gasteiger partial charge in [0.05, 0.1) is 17.4 Å². The summed E-state index contributed by atoms with van der Waals surface area (Å²) in [5.41, 5.74) is 1.92. The number of benzene rings is 2. The van der Waals surface area contributed by atoms with Gasteiger partial charge in [-0.15, -0.1) is 0 Å². The van der Waals surface area contributed by atoms with Gasteiger partial charge in [-0.25, -0.2) is 0 Å². The lowest BCUT2D eigenvalue weighted by Gasteiger charge is -2.17. The molecule has 0 bridgehead atoms. The number of carbonyl (C=O) groups is 2. The quantitative estimate of drug-likeness (QED) is 0.770.